The summed E-state index contributed by atoms with van der Waals surface area (Å²) in [5, 5.41) is 8.90. The van der Waals surface area contributed by atoms with Crippen LogP contribution in [-0.2, 0) is 9.59 Å². The zero-order valence-corrected chi connectivity index (χ0v) is 13.9. The van der Waals surface area contributed by atoms with Gasteiger partial charge in [0.05, 0.1) is 6.54 Å². The lowest BCUT2D eigenvalue weighted by Gasteiger charge is -2.40. The normalized spacial score (nSPS) is 22.7. The lowest BCUT2D eigenvalue weighted by atomic mass is 9.69. The predicted molar refractivity (Wildman–Crippen MR) is 84.9 cm³/mol. The molecule has 1 aliphatic carbocycles. The van der Waals surface area contributed by atoms with Gasteiger partial charge in [0.25, 0.3) is 0 Å². The van der Waals surface area contributed by atoms with Gasteiger partial charge in [0.1, 0.15) is 0 Å². The van der Waals surface area contributed by atoms with Gasteiger partial charge in [-0.3, -0.25) is 9.59 Å². The Hall–Kier alpha value is -1.10. The Morgan fingerprint density at radius 3 is 2.29 bits per heavy atom. The summed E-state index contributed by atoms with van der Waals surface area (Å²) in [6.07, 6.45) is 4.93. The predicted octanol–water partition coefficient (Wildman–Crippen LogP) is 1.43. The van der Waals surface area contributed by atoms with Crippen LogP contribution in [-0.4, -0.2) is 37.5 Å². The molecule has 2 amide bonds. The van der Waals surface area contributed by atoms with Crippen molar-refractivity contribution in [1.82, 2.24) is 16.0 Å². The van der Waals surface area contributed by atoms with Gasteiger partial charge in [-0.15, -0.1) is 0 Å². The van der Waals surface area contributed by atoms with E-state index in [1.807, 2.05) is 0 Å². The Morgan fingerprint density at radius 2 is 1.67 bits per heavy atom. The maximum atomic E-state index is 11.8. The zero-order chi connectivity index (χ0) is 15.9. The van der Waals surface area contributed by atoms with Gasteiger partial charge >= 0.3 is 0 Å². The van der Waals surface area contributed by atoms with E-state index in [2.05, 4.69) is 36.7 Å². The lowest BCUT2D eigenvalue weighted by molar-refractivity contribution is -0.121. The van der Waals surface area contributed by atoms with E-state index in [4.69, 9.17) is 0 Å². The highest BCUT2D eigenvalue weighted by Crippen LogP contribution is 2.37. The quantitative estimate of drug-likeness (QED) is 0.650. The average molecular weight is 297 g/mol. The first kappa shape index (κ1) is 18.0. The largest absolute Gasteiger partial charge is 0.355 e. The number of carbonyl (C=O) groups excluding carboxylic acids is 2. The molecular weight excluding hydrogens is 266 g/mol. The fourth-order valence-corrected chi connectivity index (χ4v) is 3.14. The van der Waals surface area contributed by atoms with E-state index < -0.39 is 0 Å². The van der Waals surface area contributed by atoms with Crippen LogP contribution in [0.25, 0.3) is 0 Å². The van der Waals surface area contributed by atoms with Gasteiger partial charge in [0.15, 0.2) is 0 Å². The number of hydrogen-bond acceptors (Lipinski definition) is 3. The molecule has 5 nitrogen and oxygen atoms in total. The van der Waals surface area contributed by atoms with Gasteiger partial charge in [-0.1, -0.05) is 33.6 Å². The molecule has 5 heteroatoms. The summed E-state index contributed by atoms with van der Waals surface area (Å²) in [6.45, 7) is 9.64. The SMILES string of the molecule is CC(=O)NCCNC(=O)CN[C@H]1CCCC[C@H]1C(C)(C)C. The van der Waals surface area contributed by atoms with Crippen molar-refractivity contribution in [2.75, 3.05) is 19.6 Å². The summed E-state index contributed by atoms with van der Waals surface area (Å²) in [7, 11) is 0. The minimum Gasteiger partial charge on any atom is -0.355 e. The Balaban J connectivity index is 2.28. The fraction of sp³-hybridized carbons (Fsp3) is 0.875. The molecule has 0 radical (unpaired) electrons. The second kappa shape index (κ2) is 8.37. The molecule has 0 bridgehead atoms. The zero-order valence-electron chi connectivity index (χ0n) is 13.9. The third kappa shape index (κ3) is 6.93. The van der Waals surface area contributed by atoms with E-state index in [9.17, 15) is 9.59 Å². The smallest absolute Gasteiger partial charge is 0.234 e. The van der Waals surface area contributed by atoms with Crippen LogP contribution in [0.15, 0.2) is 0 Å². The molecule has 0 aromatic rings. The van der Waals surface area contributed by atoms with Crippen molar-refractivity contribution >= 4 is 11.8 Å². The highest BCUT2D eigenvalue weighted by Gasteiger charge is 2.33. The van der Waals surface area contributed by atoms with Gasteiger partial charge in [-0.2, -0.15) is 0 Å². The van der Waals surface area contributed by atoms with Crippen molar-refractivity contribution in [1.29, 1.82) is 0 Å². The summed E-state index contributed by atoms with van der Waals surface area (Å²) in [4.78, 5) is 22.5. The summed E-state index contributed by atoms with van der Waals surface area (Å²) in [5.41, 5.74) is 0.278. The van der Waals surface area contributed by atoms with E-state index in [0.717, 1.165) is 6.42 Å². The molecular formula is C16H31N3O2. The number of carbonyl (C=O) groups is 2. The van der Waals surface area contributed by atoms with E-state index in [-0.39, 0.29) is 17.2 Å². The number of rotatable bonds is 6. The molecule has 0 unspecified atom stereocenters. The van der Waals surface area contributed by atoms with Crippen molar-refractivity contribution in [2.24, 2.45) is 11.3 Å². The van der Waals surface area contributed by atoms with Crippen molar-refractivity contribution in [3.63, 3.8) is 0 Å². The van der Waals surface area contributed by atoms with Crippen LogP contribution in [0.5, 0.6) is 0 Å². The maximum Gasteiger partial charge on any atom is 0.234 e. The minimum absolute atomic E-state index is 0.00131. The summed E-state index contributed by atoms with van der Waals surface area (Å²) in [6, 6.07) is 0.430. The van der Waals surface area contributed by atoms with Crippen LogP contribution in [0, 0.1) is 11.3 Å². The van der Waals surface area contributed by atoms with Crippen LogP contribution in [0.2, 0.25) is 0 Å². The molecule has 1 fully saturated rings. The second-order valence-electron chi connectivity index (χ2n) is 7.08. The van der Waals surface area contributed by atoms with Crippen LogP contribution in [0.3, 0.4) is 0 Å². The first-order chi connectivity index (χ1) is 9.80. The third-order valence-electron chi connectivity index (χ3n) is 4.22. The van der Waals surface area contributed by atoms with Gasteiger partial charge < -0.3 is 16.0 Å². The molecule has 1 rings (SSSR count). The molecule has 1 aliphatic rings. The second-order valence-corrected chi connectivity index (χ2v) is 7.08. The van der Waals surface area contributed by atoms with Gasteiger partial charge in [-0.25, -0.2) is 0 Å². The molecule has 0 aromatic carbocycles. The van der Waals surface area contributed by atoms with Crippen LogP contribution in [0.4, 0.5) is 0 Å². The number of nitrogens with one attached hydrogen (secondary N) is 3. The van der Waals surface area contributed by atoms with Gasteiger partial charge in [-0.05, 0) is 24.2 Å². The van der Waals surface area contributed by atoms with Crippen molar-refractivity contribution in [3.8, 4) is 0 Å². The molecule has 0 saturated heterocycles. The molecule has 0 heterocycles. The molecule has 1 saturated carbocycles. The van der Waals surface area contributed by atoms with Crippen molar-refractivity contribution in [3.05, 3.63) is 0 Å². The van der Waals surface area contributed by atoms with E-state index in [0.29, 0.717) is 31.6 Å². The number of amides is 2. The van der Waals surface area contributed by atoms with E-state index in [1.54, 1.807) is 0 Å². The van der Waals surface area contributed by atoms with Gasteiger partial charge in [0.2, 0.25) is 11.8 Å². The maximum absolute atomic E-state index is 11.8. The fourth-order valence-electron chi connectivity index (χ4n) is 3.14. The third-order valence-corrected chi connectivity index (χ3v) is 4.22. The first-order valence-corrected chi connectivity index (χ1v) is 8.05. The topological polar surface area (TPSA) is 70.2 Å². The Kier molecular flexibility index (Phi) is 7.15. The van der Waals surface area contributed by atoms with E-state index >= 15 is 0 Å². The molecule has 0 spiro atoms. The summed E-state index contributed by atoms with van der Waals surface area (Å²) in [5.74, 6) is 0.551. The van der Waals surface area contributed by atoms with Crippen LogP contribution >= 0.6 is 0 Å². The lowest BCUT2D eigenvalue weighted by Crippen LogP contribution is -2.48. The highest BCUT2D eigenvalue weighted by molar-refractivity contribution is 5.78. The molecule has 0 aromatic heterocycles. The first-order valence-electron chi connectivity index (χ1n) is 8.05. The van der Waals surface area contributed by atoms with Crippen LogP contribution < -0.4 is 16.0 Å². The number of hydrogen-bond donors (Lipinski definition) is 3. The van der Waals surface area contributed by atoms with Crippen molar-refractivity contribution in [2.45, 2.75) is 59.4 Å². The highest BCUT2D eigenvalue weighted by atomic mass is 16.2. The van der Waals surface area contributed by atoms with Gasteiger partial charge in [0, 0.05) is 26.1 Å². The molecule has 2 atom stereocenters. The summed E-state index contributed by atoms with van der Waals surface area (Å²) < 4.78 is 0. The molecule has 122 valence electrons. The minimum atomic E-state index is -0.0717. The molecule has 3 N–H and O–H groups in total. The molecule has 21 heavy (non-hydrogen) atoms. The van der Waals surface area contributed by atoms with Crippen LogP contribution in [0.1, 0.15) is 53.4 Å². The monoisotopic (exact) mass is 297 g/mol. The Labute approximate surface area is 128 Å². The molecule has 0 aliphatic heterocycles. The summed E-state index contributed by atoms with van der Waals surface area (Å²) >= 11 is 0. The average Bonchev–Trinajstić information content (AvgIpc) is 2.40. The Bertz CT molecular complexity index is 350. The Morgan fingerprint density at radius 1 is 1.05 bits per heavy atom. The van der Waals surface area contributed by atoms with E-state index in [1.165, 1.54) is 26.2 Å². The standard InChI is InChI=1S/C16H31N3O2/c1-12(20)17-9-10-18-15(21)11-19-14-8-6-5-7-13(14)16(2,3)4/h13-14,19H,5-11H2,1-4H3,(H,17,20)(H,18,21)/t13-,14+/m1/s1. The van der Waals surface area contributed by atoms with Crippen molar-refractivity contribution < 1.29 is 9.59 Å².